The number of hydrogen-bond donors (Lipinski definition) is 1. The summed E-state index contributed by atoms with van der Waals surface area (Å²) in [6, 6.07) is 7.43. The maximum Gasteiger partial charge on any atom is 0.240 e. The van der Waals surface area contributed by atoms with Gasteiger partial charge in [-0.3, -0.25) is 4.79 Å². The van der Waals surface area contributed by atoms with Crippen LogP contribution in [0.5, 0.6) is 0 Å². The fraction of sp³-hybridized carbons (Fsp3) is 0.500. The van der Waals surface area contributed by atoms with E-state index in [-0.39, 0.29) is 23.0 Å². The van der Waals surface area contributed by atoms with E-state index in [0.29, 0.717) is 11.6 Å². The summed E-state index contributed by atoms with van der Waals surface area (Å²) in [4.78, 5) is 14.3. The molecular weight excluding hydrogens is 282 g/mol. The number of amides is 1. The first-order valence-corrected chi connectivity index (χ1v) is 7.77. The van der Waals surface area contributed by atoms with Crippen LogP contribution in [-0.4, -0.2) is 34.7 Å². The highest BCUT2D eigenvalue weighted by atomic mass is 35.5. The van der Waals surface area contributed by atoms with Crippen LogP contribution in [0.3, 0.4) is 0 Å². The van der Waals surface area contributed by atoms with Crippen molar-refractivity contribution in [3.63, 3.8) is 0 Å². The van der Waals surface area contributed by atoms with Gasteiger partial charge in [-0.25, -0.2) is 0 Å². The molecule has 3 nitrogen and oxygen atoms in total. The van der Waals surface area contributed by atoms with Gasteiger partial charge in [0.2, 0.25) is 5.91 Å². The van der Waals surface area contributed by atoms with Crippen molar-refractivity contribution < 1.29 is 9.90 Å². The minimum absolute atomic E-state index is 0.0767. The fourth-order valence-corrected chi connectivity index (χ4v) is 3.63. The number of para-hydroxylation sites is 1. The molecule has 0 unspecified atom stereocenters. The predicted molar refractivity (Wildman–Crippen MR) is 81.0 cm³/mol. The Hall–Kier alpha value is -0.710. The Kier molecular flexibility index (Phi) is 5.13. The molecular formula is C14H18ClNO2S. The van der Waals surface area contributed by atoms with E-state index in [4.69, 9.17) is 16.7 Å². The van der Waals surface area contributed by atoms with E-state index in [2.05, 4.69) is 0 Å². The molecule has 1 aliphatic rings. The van der Waals surface area contributed by atoms with Crippen molar-refractivity contribution in [2.75, 3.05) is 18.1 Å². The molecule has 1 saturated heterocycles. The molecule has 0 bridgehead atoms. The molecule has 1 aliphatic heterocycles. The monoisotopic (exact) mass is 299 g/mol. The predicted octanol–water partition coefficient (Wildman–Crippen LogP) is 2.95. The summed E-state index contributed by atoms with van der Waals surface area (Å²) in [6.07, 6.45) is 1.83. The van der Waals surface area contributed by atoms with E-state index < -0.39 is 0 Å². The van der Waals surface area contributed by atoms with Crippen molar-refractivity contribution in [1.29, 1.82) is 0 Å². The summed E-state index contributed by atoms with van der Waals surface area (Å²) in [5, 5.41) is 9.73. The molecule has 104 valence electrons. The van der Waals surface area contributed by atoms with Gasteiger partial charge in [0.1, 0.15) is 0 Å². The number of rotatable bonds is 4. The molecule has 5 heteroatoms. The number of nitrogens with zero attached hydrogens (tertiary/aromatic N) is 1. The maximum absolute atomic E-state index is 12.5. The Morgan fingerprint density at radius 3 is 2.95 bits per heavy atom. The molecule has 1 heterocycles. The van der Waals surface area contributed by atoms with Crippen molar-refractivity contribution >= 4 is 35.0 Å². The third-order valence-corrected chi connectivity index (χ3v) is 4.89. The number of carbonyl (C=O) groups excluding carboxylic acids is 1. The Balaban J connectivity index is 2.14. The average Bonchev–Trinajstić information content (AvgIpc) is 2.42. The molecule has 1 N–H and O–H groups in total. The second kappa shape index (κ2) is 6.64. The molecule has 1 amide bonds. The second-order valence-electron chi connectivity index (χ2n) is 4.70. The summed E-state index contributed by atoms with van der Waals surface area (Å²) in [5.74, 6) is 0.102. The van der Waals surface area contributed by atoms with Gasteiger partial charge in [-0.1, -0.05) is 30.7 Å². The number of piperidine rings is 1. The Morgan fingerprint density at radius 1 is 1.53 bits per heavy atom. The van der Waals surface area contributed by atoms with Crippen LogP contribution in [0.4, 0.5) is 5.69 Å². The summed E-state index contributed by atoms with van der Waals surface area (Å²) in [6.45, 7) is 2.75. The average molecular weight is 300 g/mol. The molecule has 0 saturated carbocycles. The largest absolute Gasteiger partial charge is 0.395 e. The standard InChI is InChI=1S/C14H18ClNO2S/c1-10(9-17)19-13-7-4-8-16(14(13)18)12-6-3-2-5-11(12)15/h2-3,5-6,10,13,17H,4,7-9H2,1H3/t10-,13-/m1/s1. The molecule has 1 fully saturated rings. The molecule has 19 heavy (non-hydrogen) atoms. The van der Waals surface area contributed by atoms with Gasteiger partial charge in [0.25, 0.3) is 0 Å². The van der Waals surface area contributed by atoms with Crippen LogP contribution in [-0.2, 0) is 4.79 Å². The van der Waals surface area contributed by atoms with Gasteiger partial charge in [-0.05, 0) is 25.0 Å². The third-order valence-electron chi connectivity index (χ3n) is 3.19. The van der Waals surface area contributed by atoms with Gasteiger partial charge in [-0.15, -0.1) is 11.8 Å². The zero-order valence-electron chi connectivity index (χ0n) is 10.9. The lowest BCUT2D eigenvalue weighted by molar-refractivity contribution is -0.119. The van der Waals surface area contributed by atoms with Gasteiger partial charge >= 0.3 is 0 Å². The minimum Gasteiger partial charge on any atom is -0.395 e. The Bertz CT molecular complexity index is 455. The highest BCUT2D eigenvalue weighted by Crippen LogP contribution is 2.33. The first kappa shape index (κ1) is 14.7. The van der Waals surface area contributed by atoms with Gasteiger partial charge in [0.15, 0.2) is 0 Å². The number of aliphatic hydroxyl groups is 1. The smallest absolute Gasteiger partial charge is 0.240 e. The Labute approximate surface area is 122 Å². The molecule has 0 aromatic heterocycles. The highest BCUT2D eigenvalue weighted by Gasteiger charge is 2.31. The van der Waals surface area contributed by atoms with Gasteiger partial charge < -0.3 is 10.0 Å². The van der Waals surface area contributed by atoms with Crippen LogP contribution in [0.25, 0.3) is 0 Å². The summed E-state index contributed by atoms with van der Waals surface area (Å²) < 4.78 is 0. The molecule has 2 rings (SSSR count). The number of benzene rings is 1. The van der Waals surface area contributed by atoms with E-state index in [0.717, 1.165) is 18.5 Å². The number of thioether (sulfide) groups is 1. The maximum atomic E-state index is 12.5. The molecule has 0 aliphatic carbocycles. The molecule has 1 aromatic rings. The first-order valence-electron chi connectivity index (χ1n) is 6.45. The van der Waals surface area contributed by atoms with Crippen LogP contribution in [0, 0.1) is 0 Å². The van der Waals surface area contributed by atoms with Crippen molar-refractivity contribution in [1.82, 2.24) is 0 Å². The van der Waals surface area contributed by atoms with E-state index >= 15 is 0 Å². The summed E-state index contributed by atoms with van der Waals surface area (Å²) in [7, 11) is 0. The minimum atomic E-state index is -0.0767. The second-order valence-corrected chi connectivity index (χ2v) is 6.75. The first-order chi connectivity index (χ1) is 9.13. The van der Waals surface area contributed by atoms with E-state index in [1.165, 1.54) is 0 Å². The topological polar surface area (TPSA) is 40.5 Å². The van der Waals surface area contributed by atoms with E-state index in [1.807, 2.05) is 25.1 Å². The van der Waals surface area contributed by atoms with Gasteiger partial charge in [-0.2, -0.15) is 0 Å². The number of anilines is 1. The summed E-state index contributed by atoms with van der Waals surface area (Å²) in [5.41, 5.74) is 0.788. The summed E-state index contributed by atoms with van der Waals surface area (Å²) >= 11 is 7.71. The van der Waals surface area contributed by atoms with Crippen molar-refractivity contribution in [2.45, 2.75) is 30.3 Å². The molecule has 0 spiro atoms. The van der Waals surface area contributed by atoms with Crippen LogP contribution in [0.2, 0.25) is 5.02 Å². The lowest BCUT2D eigenvalue weighted by Gasteiger charge is -2.33. The normalized spacial score (nSPS) is 21.5. The van der Waals surface area contributed by atoms with Crippen molar-refractivity contribution in [3.8, 4) is 0 Å². The number of carbonyl (C=O) groups is 1. The zero-order valence-corrected chi connectivity index (χ0v) is 12.5. The van der Waals surface area contributed by atoms with Gasteiger partial charge in [0, 0.05) is 11.8 Å². The third kappa shape index (κ3) is 3.44. The lowest BCUT2D eigenvalue weighted by atomic mass is 10.1. The van der Waals surface area contributed by atoms with E-state index in [9.17, 15) is 4.79 Å². The fourth-order valence-electron chi connectivity index (χ4n) is 2.20. The molecule has 0 radical (unpaired) electrons. The Morgan fingerprint density at radius 2 is 2.26 bits per heavy atom. The van der Waals surface area contributed by atoms with Crippen LogP contribution in [0.15, 0.2) is 24.3 Å². The van der Waals surface area contributed by atoms with Crippen LogP contribution >= 0.6 is 23.4 Å². The van der Waals surface area contributed by atoms with Crippen molar-refractivity contribution in [3.05, 3.63) is 29.3 Å². The number of hydrogen-bond acceptors (Lipinski definition) is 3. The SMILES string of the molecule is C[C@H](CO)S[C@@H]1CCCN(c2ccccc2Cl)C1=O. The van der Waals surface area contributed by atoms with E-state index in [1.54, 1.807) is 22.7 Å². The zero-order chi connectivity index (χ0) is 13.8. The molecule has 1 aromatic carbocycles. The van der Waals surface area contributed by atoms with Crippen LogP contribution < -0.4 is 4.90 Å². The number of halogens is 1. The van der Waals surface area contributed by atoms with Gasteiger partial charge in [0.05, 0.1) is 22.6 Å². The van der Waals surface area contributed by atoms with Crippen molar-refractivity contribution in [2.24, 2.45) is 0 Å². The van der Waals surface area contributed by atoms with Crippen LogP contribution in [0.1, 0.15) is 19.8 Å². The molecule has 2 atom stereocenters. The quantitative estimate of drug-likeness (QED) is 0.929. The number of aliphatic hydroxyl groups excluding tert-OH is 1. The lowest BCUT2D eigenvalue weighted by Crippen LogP contribution is -2.43. The highest BCUT2D eigenvalue weighted by molar-refractivity contribution is 8.01.